The third kappa shape index (κ3) is 3.94. The Bertz CT molecular complexity index is 1250. The molecule has 6 rings (SSSR count). The Balaban J connectivity index is 1.17. The summed E-state index contributed by atoms with van der Waals surface area (Å²) in [4.78, 5) is 39.5. The highest BCUT2D eigenvalue weighted by Gasteiger charge is 2.66. The van der Waals surface area contributed by atoms with Gasteiger partial charge in [-0.3, -0.25) is 19.2 Å². The molecule has 4 fully saturated rings. The molecule has 5 atom stereocenters. The molecule has 0 radical (unpaired) electrons. The number of carboxylic acid groups (broad SMARTS) is 1. The topological polar surface area (TPSA) is 145 Å². The van der Waals surface area contributed by atoms with Crippen LogP contribution in [-0.2, 0) is 26.2 Å². The zero-order chi connectivity index (χ0) is 25.4. The van der Waals surface area contributed by atoms with E-state index < -0.39 is 56.6 Å². The van der Waals surface area contributed by atoms with Crippen LogP contribution < -0.4 is 15.4 Å². The van der Waals surface area contributed by atoms with E-state index in [1.54, 1.807) is 12.1 Å². The molecule has 194 valence electrons. The van der Waals surface area contributed by atoms with Gasteiger partial charge in [-0.05, 0) is 67.9 Å². The number of carbonyl (C=O) groups excluding carboxylic acids is 2. The number of rotatable bonds is 7. The van der Waals surface area contributed by atoms with E-state index in [1.165, 1.54) is 11.0 Å². The van der Waals surface area contributed by atoms with Gasteiger partial charge in [-0.15, -0.1) is 0 Å². The van der Waals surface area contributed by atoms with Gasteiger partial charge in [0.05, 0.1) is 23.9 Å². The van der Waals surface area contributed by atoms with Crippen molar-refractivity contribution in [2.45, 2.75) is 67.9 Å². The molecule has 36 heavy (non-hydrogen) atoms. The Morgan fingerprint density at radius 1 is 1.14 bits per heavy atom. The lowest BCUT2D eigenvalue weighted by Gasteiger charge is -2.27. The van der Waals surface area contributed by atoms with Crippen molar-refractivity contribution in [3.63, 3.8) is 0 Å². The minimum absolute atomic E-state index is 0.0445. The van der Waals surface area contributed by atoms with Crippen molar-refractivity contribution in [2.24, 2.45) is 17.8 Å². The molecule has 3 aliphatic carbocycles. The van der Waals surface area contributed by atoms with Crippen LogP contribution in [0.5, 0.6) is 0 Å². The lowest BCUT2D eigenvalue weighted by Crippen LogP contribution is -2.55. The normalized spacial score (nSPS) is 33.2. The van der Waals surface area contributed by atoms with Crippen molar-refractivity contribution in [1.29, 1.82) is 0 Å². The smallest absolute Gasteiger partial charge is 0.408 e. The van der Waals surface area contributed by atoms with E-state index in [1.807, 2.05) is 0 Å². The summed E-state index contributed by atoms with van der Waals surface area (Å²) < 4.78 is 41.3. The van der Waals surface area contributed by atoms with E-state index in [2.05, 4.69) is 15.4 Å². The number of fused-ring (bicyclic) bond motifs is 1. The second-order valence-electron chi connectivity index (χ2n) is 10.9. The molecule has 2 aliphatic heterocycles. The number of nitrogens with one attached hydrogen (secondary N) is 3. The molecule has 3 amide bonds. The Kier molecular flexibility index (Phi) is 5.35. The maximum absolute atomic E-state index is 14.4. The summed E-state index contributed by atoms with van der Waals surface area (Å²) in [7, 11) is -3.74. The molecular weight excluding hydrogens is 491 g/mol. The maximum Gasteiger partial charge on any atom is 0.408 e. The molecule has 1 unspecified atom stereocenters. The first-order valence-corrected chi connectivity index (χ1v) is 14.0. The largest absolute Gasteiger partial charge is 0.465 e. The van der Waals surface area contributed by atoms with Crippen LogP contribution >= 0.6 is 0 Å². The summed E-state index contributed by atoms with van der Waals surface area (Å²) in [5.74, 6) is -1.56. The standard InChI is InChI=1S/C24H29FN4O6S/c25-18-3-1-2-15-16(18)11-29(23(32)33)20(15)13-8-19(26-10-13)21(30)27-24(9-17(24)12-4-5-12)22(31)28-36(34,35)14-6-7-14/h1-3,12-14,17,19-20,26H,4-11H2,(H,27,30)(H,28,31)(H,32,33)/t13-,17+,19+,20?,24-/m1/s1. The van der Waals surface area contributed by atoms with Gasteiger partial charge >= 0.3 is 6.09 Å². The van der Waals surface area contributed by atoms with Crippen LogP contribution in [0.4, 0.5) is 9.18 Å². The first kappa shape index (κ1) is 23.7. The maximum atomic E-state index is 14.4. The molecule has 12 heteroatoms. The molecule has 4 N–H and O–H groups in total. The number of nitrogens with zero attached hydrogens (tertiary/aromatic N) is 1. The SMILES string of the molecule is O=C(N[C@]1(C(=O)NS(=O)(=O)C2CC2)C[C@H]1C1CC1)[C@@H]1C[C@@H](C2c3cccc(F)c3CN2C(=O)O)CN1. The lowest BCUT2D eigenvalue weighted by atomic mass is 9.90. The van der Waals surface area contributed by atoms with Crippen LogP contribution in [0.3, 0.4) is 0 Å². The quantitative estimate of drug-likeness (QED) is 0.423. The highest BCUT2D eigenvalue weighted by Crippen LogP contribution is 2.57. The van der Waals surface area contributed by atoms with Crippen molar-refractivity contribution in [3.8, 4) is 0 Å². The first-order chi connectivity index (χ1) is 17.1. The van der Waals surface area contributed by atoms with Gasteiger partial charge in [-0.1, -0.05) is 12.1 Å². The minimum Gasteiger partial charge on any atom is -0.465 e. The van der Waals surface area contributed by atoms with Gasteiger partial charge in [0.1, 0.15) is 11.4 Å². The number of halogens is 1. The van der Waals surface area contributed by atoms with Crippen molar-refractivity contribution < 1.29 is 32.3 Å². The van der Waals surface area contributed by atoms with Crippen LogP contribution in [0.2, 0.25) is 0 Å². The fourth-order valence-electron chi connectivity index (χ4n) is 6.16. The molecular formula is C24H29FN4O6S. The van der Waals surface area contributed by atoms with Gasteiger partial charge in [-0.2, -0.15) is 0 Å². The van der Waals surface area contributed by atoms with E-state index in [-0.39, 0.29) is 18.4 Å². The zero-order valence-electron chi connectivity index (χ0n) is 19.6. The van der Waals surface area contributed by atoms with Gasteiger partial charge in [0.25, 0.3) is 5.91 Å². The zero-order valence-corrected chi connectivity index (χ0v) is 20.4. The van der Waals surface area contributed by atoms with Crippen molar-refractivity contribution in [2.75, 3.05) is 6.54 Å². The molecule has 0 spiro atoms. The Hall–Kier alpha value is -2.73. The van der Waals surface area contributed by atoms with E-state index in [0.29, 0.717) is 49.3 Å². The van der Waals surface area contributed by atoms with Gasteiger partial charge < -0.3 is 15.7 Å². The monoisotopic (exact) mass is 520 g/mol. The van der Waals surface area contributed by atoms with Crippen LogP contribution in [0, 0.1) is 23.6 Å². The van der Waals surface area contributed by atoms with Crippen LogP contribution in [-0.4, -0.2) is 59.7 Å². The molecule has 10 nitrogen and oxygen atoms in total. The van der Waals surface area contributed by atoms with Crippen molar-refractivity contribution in [1.82, 2.24) is 20.3 Å². The van der Waals surface area contributed by atoms with Crippen molar-refractivity contribution in [3.05, 3.63) is 35.1 Å². The highest BCUT2D eigenvalue weighted by atomic mass is 32.2. The third-order valence-corrected chi connectivity index (χ3v) is 10.3. The highest BCUT2D eigenvalue weighted by molar-refractivity contribution is 7.91. The Labute approximate surface area is 208 Å². The summed E-state index contributed by atoms with van der Waals surface area (Å²) in [5, 5.41) is 15.2. The fourth-order valence-corrected chi connectivity index (χ4v) is 7.52. The Morgan fingerprint density at radius 2 is 1.89 bits per heavy atom. The van der Waals surface area contributed by atoms with Crippen LogP contribution in [0.1, 0.15) is 55.7 Å². The molecule has 5 aliphatic rings. The summed E-state index contributed by atoms with van der Waals surface area (Å²) in [6.07, 6.45) is 2.54. The molecule has 1 aromatic carbocycles. The number of hydrogen-bond donors (Lipinski definition) is 4. The predicted octanol–water partition coefficient (Wildman–Crippen LogP) is 1.23. The summed E-state index contributed by atoms with van der Waals surface area (Å²) in [6.45, 7) is 0.307. The summed E-state index contributed by atoms with van der Waals surface area (Å²) >= 11 is 0. The number of amides is 3. The second-order valence-corrected chi connectivity index (χ2v) is 12.9. The molecule has 2 heterocycles. The van der Waals surface area contributed by atoms with Crippen LogP contribution in [0.25, 0.3) is 0 Å². The number of carbonyl (C=O) groups is 3. The third-order valence-electron chi connectivity index (χ3n) is 8.47. The average Bonchev–Trinajstić information content (AvgIpc) is 3.72. The number of benzene rings is 1. The predicted molar refractivity (Wildman–Crippen MR) is 124 cm³/mol. The summed E-state index contributed by atoms with van der Waals surface area (Å²) in [6, 6.07) is 3.34. The fraction of sp³-hybridized carbons (Fsp3) is 0.625. The van der Waals surface area contributed by atoms with E-state index >= 15 is 0 Å². The Morgan fingerprint density at radius 3 is 2.56 bits per heavy atom. The lowest BCUT2D eigenvalue weighted by molar-refractivity contribution is -0.130. The number of sulfonamides is 1. The van der Waals surface area contributed by atoms with E-state index in [0.717, 1.165) is 12.8 Å². The molecule has 1 saturated heterocycles. The van der Waals surface area contributed by atoms with Gasteiger partial charge in [0, 0.05) is 12.1 Å². The second kappa shape index (κ2) is 8.14. The molecule has 0 aromatic heterocycles. The molecule has 3 saturated carbocycles. The minimum atomic E-state index is -3.74. The van der Waals surface area contributed by atoms with Gasteiger partial charge in [0.2, 0.25) is 15.9 Å². The van der Waals surface area contributed by atoms with E-state index in [9.17, 15) is 32.3 Å². The molecule has 1 aromatic rings. The van der Waals surface area contributed by atoms with E-state index in [4.69, 9.17) is 0 Å². The van der Waals surface area contributed by atoms with Gasteiger partial charge in [-0.25, -0.2) is 17.6 Å². The average molecular weight is 521 g/mol. The molecule has 0 bridgehead atoms. The van der Waals surface area contributed by atoms with Crippen molar-refractivity contribution >= 4 is 27.9 Å². The van der Waals surface area contributed by atoms with Crippen LogP contribution in [0.15, 0.2) is 18.2 Å². The van der Waals surface area contributed by atoms with Gasteiger partial charge in [0.15, 0.2) is 0 Å². The summed E-state index contributed by atoms with van der Waals surface area (Å²) in [5.41, 5.74) is -0.256. The number of hydrogen-bond acceptors (Lipinski definition) is 6. The first-order valence-electron chi connectivity index (χ1n) is 12.5.